The number of hydrogen-bond donors (Lipinski definition) is 1. The Hall–Kier alpha value is -3.15. The van der Waals surface area contributed by atoms with Crippen molar-refractivity contribution in [1.29, 1.82) is 0 Å². The lowest BCUT2D eigenvalue weighted by atomic mass is 10.1. The second-order valence-electron chi connectivity index (χ2n) is 5.16. The van der Waals surface area contributed by atoms with E-state index in [1.807, 2.05) is 24.3 Å². The second kappa shape index (κ2) is 9.22. The molecule has 0 saturated heterocycles. The Morgan fingerprint density at radius 2 is 1.84 bits per heavy atom. The number of ether oxygens (including phenoxy) is 2. The molecule has 0 spiro atoms. The van der Waals surface area contributed by atoms with Gasteiger partial charge in [-0.1, -0.05) is 37.3 Å². The summed E-state index contributed by atoms with van der Waals surface area (Å²) in [6, 6.07) is 14.4. The van der Waals surface area contributed by atoms with E-state index in [0.29, 0.717) is 16.9 Å². The van der Waals surface area contributed by atoms with Gasteiger partial charge in [0.15, 0.2) is 6.61 Å². The zero-order valence-electron chi connectivity index (χ0n) is 14.2. The fourth-order valence-corrected chi connectivity index (χ4v) is 2.08. The van der Waals surface area contributed by atoms with E-state index in [4.69, 9.17) is 9.47 Å². The Morgan fingerprint density at radius 1 is 1.12 bits per heavy atom. The lowest BCUT2D eigenvalue weighted by Gasteiger charge is -2.06. The van der Waals surface area contributed by atoms with Crippen LogP contribution in [0.1, 0.15) is 28.4 Å². The third-order valence-corrected chi connectivity index (χ3v) is 3.46. The van der Waals surface area contributed by atoms with Gasteiger partial charge in [0, 0.05) is 5.56 Å². The monoisotopic (exact) mass is 340 g/mol. The smallest absolute Gasteiger partial charge is 0.338 e. The highest BCUT2D eigenvalue weighted by Gasteiger charge is 2.09. The average molecular weight is 340 g/mol. The first-order chi connectivity index (χ1) is 12.1. The molecule has 6 heteroatoms. The lowest BCUT2D eigenvalue weighted by molar-refractivity contribution is -0.123. The molecule has 0 bridgehead atoms. The Labute approximate surface area is 146 Å². The van der Waals surface area contributed by atoms with Crippen LogP contribution in [0.5, 0.6) is 5.75 Å². The number of benzene rings is 2. The van der Waals surface area contributed by atoms with Gasteiger partial charge in [-0.05, 0) is 30.2 Å². The van der Waals surface area contributed by atoms with Crippen molar-refractivity contribution in [3.63, 3.8) is 0 Å². The molecule has 2 aromatic carbocycles. The third-order valence-electron chi connectivity index (χ3n) is 3.46. The predicted molar refractivity (Wildman–Crippen MR) is 94.8 cm³/mol. The van der Waals surface area contributed by atoms with Gasteiger partial charge in [-0.15, -0.1) is 0 Å². The molecule has 0 aliphatic heterocycles. The number of amides is 1. The number of carbonyl (C=O) groups excluding carboxylic acids is 2. The standard InChI is InChI=1S/C19H20N2O4/c1-3-14-8-10-16(11-9-14)25-13-18(22)21-20-12-15-6-4-5-7-17(15)19(23)24-2/h4-12H,3,13H2,1-2H3,(H,21,22)/b20-12-. The molecule has 2 aromatic rings. The summed E-state index contributed by atoms with van der Waals surface area (Å²) in [5.74, 6) is -0.244. The van der Waals surface area contributed by atoms with Gasteiger partial charge in [-0.3, -0.25) is 4.79 Å². The van der Waals surface area contributed by atoms with Gasteiger partial charge in [0.2, 0.25) is 0 Å². The van der Waals surface area contributed by atoms with Crippen LogP contribution in [0.15, 0.2) is 53.6 Å². The third kappa shape index (κ3) is 5.46. The lowest BCUT2D eigenvalue weighted by Crippen LogP contribution is -2.24. The fourth-order valence-electron chi connectivity index (χ4n) is 2.08. The van der Waals surface area contributed by atoms with Gasteiger partial charge in [0.1, 0.15) is 5.75 Å². The number of hydrazone groups is 1. The van der Waals surface area contributed by atoms with Crippen LogP contribution >= 0.6 is 0 Å². The first kappa shape index (κ1) is 18.2. The number of nitrogens with one attached hydrogen (secondary N) is 1. The van der Waals surface area contributed by atoms with Crippen LogP contribution in [0, 0.1) is 0 Å². The maximum atomic E-state index is 11.8. The average Bonchev–Trinajstić information content (AvgIpc) is 2.66. The summed E-state index contributed by atoms with van der Waals surface area (Å²) >= 11 is 0. The molecule has 0 aliphatic rings. The highest BCUT2D eigenvalue weighted by Crippen LogP contribution is 2.12. The number of rotatable bonds is 7. The van der Waals surface area contributed by atoms with E-state index in [2.05, 4.69) is 17.5 Å². The molecular formula is C19H20N2O4. The summed E-state index contributed by atoms with van der Waals surface area (Å²) in [6.45, 7) is 1.92. The molecule has 0 aliphatic carbocycles. The second-order valence-corrected chi connectivity index (χ2v) is 5.16. The number of esters is 1. The Kier molecular flexibility index (Phi) is 6.71. The summed E-state index contributed by atoms with van der Waals surface area (Å²) in [6.07, 6.45) is 2.34. The highest BCUT2D eigenvalue weighted by molar-refractivity contribution is 5.99. The summed E-state index contributed by atoms with van der Waals surface area (Å²) in [7, 11) is 1.31. The highest BCUT2D eigenvalue weighted by atomic mass is 16.5. The Balaban J connectivity index is 1.87. The zero-order valence-corrected chi connectivity index (χ0v) is 14.2. The van der Waals surface area contributed by atoms with E-state index in [1.165, 1.54) is 18.9 Å². The largest absolute Gasteiger partial charge is 0.484 e. The first-order valence-corrected chi connectivity index (χ1v) is 7.85. The molecule has 0 unspecified atom stereocenters. The van der Waals surface area contributed by atoms with Gasteiger partial charge < -0.3 is 9.47 Å². The van der Waals surface area contributed by atoms with E-state index in [9.17, 15) is 9.59 Å². The summed E-state index contributed by atoms with van der Waals surface area (Å²) < 4.78 is 10.1. The van der Waals surface area contributed by atoms with Crippen LogP contribution in [0.25, 0.3) is 0 Å². The summed E-state index contributed by atoms with van der Waals surface area (Å²) in [5, 5.41) is 3.85. The topological polar surface area (TPSA) is 77.0 Å². The van der Waals surface area contributed by atoms with Crippen molar-refractivity contribution in [3.05, 3.63) is 65.2 Å². The SMILES string of the molecule is CCc1ccc(OCC(=O)N/N=C\c2ccccc2C(=O)OC)cc1. The van der Waals surface area contributed by atoms with E-state index in [1.54, 1.807) is 24.3 Å². The Morgan fingerprint density at radius 3 is 2.52 bits per heavy atom. The van der Waals surface area contributed by atoms with Crippen LogP contribution in [-0.2, 0) is 16.0 Å². The summed E-state index contributed by atoms with van der Waals surface area (Å²) in [5.41, 5.74) is 4.48. The van der Waals surface area contributed by atoms with Crippen LogP contribution in [0.3, 0.4) is 0 Å². The quantitative estimate of drug-likeness (QED) is 0.477. The van der Waals surface area contributed by atoms with Gasteiger partial charge in [0.25, 0.3) is 5.91 Å². The maximum absolute atomic E-state index is 11.8. The minimum atomic E-state index is -0.466. The number of hydrogen-bond acceptors (Lipinski definition) is 5. The number of methoxy groups -OCH3 is 1. The predicted octanol–water partition coefficient (Wildman–Crippen LogP) is 2.56. The molecule has 0 radical (unpaired) electrons. The van der Waals surface area contributed by atoms with Gasteiger partial charge in [-0.2, -0.15) is 5.10 Å². The molecule has 6 nitrogen and oxygen atoms in total. The molecule has 0 saturated carbocycles. The molecule has 0 atom stereocenters. The van der Waals surface area contributed by atoms with Gasteiger partial charge >= 0.3 is 5.97 Å². The minimum absolute atomic E-state index is 0.151. The van der Waals surface area contributed by atoms with E-state index in [-0.39, 0.29) is 6.61 Å². The van der Waals surface area contributed by atoms with Gasteiger partial charge in [0.05, 0.1) is 18.9 Å². The number of aryl methyl sites for hydroxylation is 1. The molecule has 1 N–H and O–H groups in total. The van der Waals surface area contributed by atoms with Crippen molar-refractivity contribution in [2.45, 2.75) is 13.3 Å². The molecule has 1 amide bonds. The van der Waals surface area contributed by atoms with Crippen molar-refractivity contribution in [3.8, 4) is 5.75 Å². The van der Waals surface area contributed by atoms with E-state index >= 15 is 0 Å². The van der Waals surface area contributed by atoms with Gasteiger partial charge in [-0.25, -0.2) is 10.2 Å². The normalized spacial score (nSPS) is 10.5. The van der Waals surface area contributed by atoms with Crippen molar-refractivity contribution < 1.29 is 19.1 Å². The van der Waals surface area contributed by atoms with Crippen molar-refractivity contribution in [1.82, 2.24) is 5.43 Å². The molecule has 0 heterocycles. The zero-order chi connectivity index (χ0) is 18.1. The maximum Gasteiger partial charge on any atom is 0.338 e. The Bertz CT molecular complexity index is 754. The van der Waals surface area contributed by atoms with Crippen molar-refractivity contribution in [2.24, 2.45) is 5.10 Å². The first-order valence-electron chi connectivity index (χ1n) is 7.85. The number of nitrogens with zero attached hydrogens (tertiary/aromatic N) is 1. The van der Waals surface area contributed by atoms with E-state index in [0.717, 1.165) is 6.42 Å². The molecule has 0 fully saturated rings. The van der Waals surface area contributed by atoms with Crippen LogP contribution in [-0.4, -0.2) is 31.8 Å². The molecule has 0 aromatic heterocycles. The van der Waals surface area contributed by atoms with E-state index < -0.39 is 11.9 Å². The molecule has 2 rings (SSSR count). The molecule has 25 heavy (non-hydrogen) atoms. The fraction of sp³-hybridized carbons (Fsp3) is 0.211. The molecular weight excluding hydrogens is 320 g/mol. The minimum Gasteiger partial charge on any atom is -0.484 e. The molecule has 130 valence electrons. The van der Waals surface area contributed by atoms with Crippen LogP contribution < -0.4 is 10.2 Å². The van der Waals surface area contributed by atoms with Crippen LogP contribution in [0.2, 0.25) is 0 Å². The van der Waals surface area contributed by atoms with Crippen molar-refractivity contribution in [2.75, 3.05) is 13.7 Å². The van der Waals surface area contributed by atoms with Crippen molar-refractivity contribution >= 4 is 18.1 Å². The number of carbonyl (C=O) groups is 2. The summed E-state index contributed by atoms with van der Waals surface area (Å²) in [4.78, 5) is 23.4. The van der Waals surface area contributed by atoms with Crippen LogP contribution in [0.4, 0.5) is 0 Å².